The van der Waals surface area contributed by atoms with Gasteiger partial charge < -0.3 is 10.0 Å². The van der Waals surface area contributed by atoms with E-state index in [1.807, 2.05) is 18.0 Å². The van der Waals surface area contributed by atoms with Crippen LogP contribution in [0.25, 0.3) is 0 Å². The predicted molar refractivity (Wildman–Crippen MR) is 78.7 cm³/mol. The third-order valence-electron chi connectivity index (χ3n) is 5.29. The molecule has 0 bridgehead atoms. The van der Waals surface area contributed by atoms with Gasteiger partial charge in [0, 0.05) is 19.5 Å². The first kappa shape index (κ1) is 13.5. The van der Waals surface area contributed by atoms with E-state index in [2.05, 4.69) is 6.92 Å². The van der Waals surface area contributed by atoms with Crippen molar-refractivity contribution in [1.82, 2.24) is 4.90 Å². The van der Waals surface area contributed by atoms with Gasteiger partial charge in [0.25, 0.3) is 0 Å². The van der Waals surface area contributed by atoms with Crippen LogP contribution < -0.4 is 0 Å². The number of phenols is 1. The summed E-state index contributed by atoms with van der Waals surface area (Å²) in [4.78, 5) is 13.7. The van der Waals surface area contributed by atoms with Crippen LogP contribution in [0, 0.1) is 12.8 Å². The maximum Gasteiger partial charge on any atom is 0.219 e. The molecule has 3 heteroatoms. The number of amides is 1. The van der Waals surface area contributed by atoms with Gasteiger partial charge in [-0.05, 0) is 48.8 Å². The summed E-state index contributed by atoms with van der Waals surface area (Å²) >= 11 is 0. The van der Waals surface area contributed by atoms with Crippen molar-refractivity contribution < 1.29 is 9.90 Å². The molecular weight excluding hydrogens is 250 g/mol. The van der Waals surface area contributed by atoms with E-state index < -0.39 is 0 Å². The zero-order chi connectivity index (χ0) is 14.4. The highest BCUT2D eigenvalue weighted by molar-refractivity contribution is 5.74. The van der Waals surface area contributed by atoms with Crippen molar-refractivity contribution in [2.75, 3.05) is 7.05 Å². The first-order valence-corrected chi connectivity index (χ1v) is 7.58. The lowest BCUT2D eigenvalue weighted by atomic mass is 9.77. The summed E-state index contributed by atoms with van der Waals surface area (Å²) in [5.41, 5.74) is 3.58. The summed E-state index contributed by atoms with van der Waals surface area (Å²) in [5.74, 6) is 1.42. The highest BCUT2D eigenvalue weighted by Crippen LogP contribution is 2.57. The average molecular weight is 273 g/mol. The monoisotopic (exact) mass is 273 g/mol. The van der Waals surface area contributed by atoms with E-state index >= 15 is 0 Å². The fourth-order valence-electron chi connectivity index (χ4n) is 4.32. The van der Waals surface area contributed by atoms with Crippen LogP contribution in [0.2, 0.25) is 0 Å². The Bertz CT molecular complexity index is 552. The molecule has 1 fully saturated rings. The second-order valence-corrected chi connectivity index (χ2v) is 6.36. The molecule has 2 aliphatic rings. The van der Waals surface area contributed by atoms with Crippen LogP contribution in [0.1, 0.15) is 61.3 Å². The highest BCUT2D eigenvalue weighted by atomic mass is 16.3. The molecule has 0 heterocycles. The van der Waals surface area contributed by atoms with E-state index in [1.165, 1.54) is 30.4 Å². The predicted octanol–water partition coefficient (Wildman–Crippen LogP) is 3.51. The molecule has 1 N–H and O–H groups in total. The maximum atomic E-state index is 11.9. The van der Waals surface area contributed by atoms with E-state index in [0.717, 1.165) is 12.0 Å². The molecule has 1 saturated carbocycles. The molecule has 0 saturated heterocycles. The van der Waals surface area contributed by atoms with Gasteiger partial charge in [-0.1, -0.05) is 18.9 Å². The van der Waals surface area contributed by atoms with Crippen LogP contribution in [-0.2, 0) is 4.79 Å². The molecule has 20 heavy (non-hydrogen) atoms. The minimum atomic E-state index is 0.0488. The third kappa shape index (κ3) is 1.83. The lowest BCUT2D eigenvalue weighted by Gasteiger charge is -2.34. The van der Waals surface area contributed by atoms with E-state index in [9.17, 15) is 9.90 Å². The molecule has 3 unspecified atom stereocenters. The van der Waals surface area contributed by atoms with Crippen molar-refractivity contribution in [2.45, 2.75) is 51.5 Å². The fourth-order valence-corrected chi connectivity index (χ4v) is 4.32. The second kappa shape index (κ2) is 4.80. The number of rotatable bonds is 1. The number of benzene rings is 1. The van der Waals surface area contributed by atoms with E-state index in [1.54, 1.807) is 13.0 Å². The number of phenolic OH excluding ortho intramolecular Hbond substituents is 1. The van der Waals surface area contributed by atoms with Crippen molar-refractivity contribution in [3.05, 3.63) is 28.8 Å². The van der Waals surface area contributed by atoms with Gasteiger partial charge in [-0.3, -0.25) is 4.79 Å². The van der Waals surface area contributed by atoms with Crippen LogP contribution in [0.3, 0.4) is 0 Å². The molecule has 0 spiro atoms. The molecule has 0 radical (unpaired) electrons. The summed E-state index contributed by atoms with van der Waals surface area (Å²) in [6.07, 6.45) is 4.83. The summed E-state index contributed by atoms with van der Waals surface area (Å²) < 4.78 is 0. The van der Waals surface area contributed by atoms with Gasteiger partial charge in [-0.25, -0.2) is 0 Å². The van der Waals surface area contributed by atoms with Gasteiger partial charge in [0.15, 0.2) is 0 Å². The molecule has 1 aromatic rings. The molecule has 0 aliphatic heterocycles. The van der Waals surface area contributed by atoms with Gasteiger partial charge in [0.1, 0.15) is 5.75 Å². The van der Waals surface area contributed by atoms with Crippen LogP contribution >= 0.6 is 0 Å². The maximum absolute atomic E-state index is 11.9. The zero-order valence-corrected chi connectivity index (χ0v) is 12.5. The van der Waals surface area contributed by atoms with Crippen molar-refractivity contribution in [3.8, 4) is 5.75 Å². The van der Waals surface area contributed by atoms with Crippen molar-refractivity contribution in [3.63, 3.8) is 0 Å². The Morgan fingerprint density at radius 2 is 1.95 bits per heavy atom. The number of nitrogens with zero attached hydrogens (tertiary/aromatic N) is 1. The Morgan fingerprint density at radius 1 is 1.25 bits per heavy atom. The number of hydrogen-bond donors (Lipinski definition) is 1. The Hall–Kier alpha value is -1.51. The van der Waals surface area contributed by atoms with Crippen LogP contribution in [0.4, 0.5) is 0 Å². The molecule has 1 amide bonds. The first-order chi connectivity index (χ1) is 9.52. The second-order valence-electron chi connectivity index (χ2n) is 6.36. The van der Waals surface area contributed by atoms with Gasteiger partial charge >= 0.3 is 0 Å². The number of carbonyl (C=O) groups excluding carboxylic acids is 1. The van der Waals surface area contributed by atoms with E-state index in [4.69, 9.17) is 0 Å². The lowest BCUT2D eigenvalue weighted by Crippen LogP contribution is -2.33. The highest BCUT2D eigenvalue weighted by Gasteiger charge is 2.46. The summed E-state index contributed by atoms with van der Waals surface area (Å²) in [6.45, 7) is 3.74. The third-order valence-corrected chi connectivity index (χ3v) is 5.29. The molecule has 3 rings (SSSR count). The van der Waals surface area contributed by atoms with Crippen molar-refractivity contribution >= 4 is 5.91 Å². The van der Waals surface area contributed by atoms with Crippen LogP contribution in [-0.4, -0.2) is 23.0 Å². The smallest absolute Gasteiger partial charge is 0.219 e. The molecular formula is C17H23NO2. The van der Waals surface area contributed by atoms with Crippen LogP contribution in [0.15, 0.2) is 12.1 Å². The minimum Gasteiger partial charge on any atom is -0.508 e. The molecule has 2 aliphatic carbocycles. The summed E-state index contributed by atoms with van der Waals surface area (Å²) in [6, 6.07) is 3.84. The van der Waals surface area contributed by atoms with Crippen LogP contribution in [0.5, 0.6) is 5.75 Å². The Morgan fingerprint density at radius 3 is 2.65 bits per heavy atom. The molecule has 0 aromatic heterocycles. The van der Waals surface area contributed by atoms with Gasteiger partial charge in [0.05, 0.1) is 6.04 Å². The normalized spacial score (nSPS) is 27.9. The molecule has 1 aromatic carbocycles. The Labute approximate surface area is 120 Å². The Balaban J connectivity index is 2.16. The van der Waals surface area contributed by atoms with E-state index in [-0.39, 0.29) is 11.9 Å². The largest absolute Gasteiger partial charge is 0.508 e. The quantitative estimate of drug-likeness (QED) is 0.850. The number of fused-ring (bicyclic) bond motifs is 3. The summed E-state index contributed by atoms with van der Waals surface area (Å²) in [5, 5.41) is 10.4. The van der Waals surface area contributed by atoms with Gasteiger partial charge in [-0.2, -0.15) is 0 Å². The van der Waals surface area contributed by atoms with Crippen molar-refractivity contribution in [2.24, 2.45) is 5.92 Å². The fraction of sp³-hybridized carbons (Fsp3) is 0.588. The topological polar surface area (TPSA) is 40.5 Å². The standard InChI is InChI=1S/C17H23NO2/c1-10-8-9-14(20)16-15(10)12-6-4-5-7-13(12)17(16)18(3)11(2)19/h8-9,12-13,17,20H,4-7H2,1-3H3. The van der Waals surface area contributed by atoms with Crippen molar-refractivity contribution in [1.29, 1.82) is 0 Å². The van der Waals surface area contributed by atoms with Gasteiger partial charge in [-0.15, -0.1) is 0 Å². The first-order valence-electron chi connectivity index (χ1n) is 7.58. The molecule has 3 atom stereocenters. The number of hydrogen-bond acceptors (Lipinski definition) is 2. The average Bonchev–Trinajstić information content (AvgIpc) is 2.78. The lowest BCUT2D eigenvalue weighted by molar-refractivity contribution is -0.130. The SMILES string of the molecule is CC(=O)N(C)C1c2c(O)ccc(C)c2C2CCCCC21. The number of aryl methyl sites for hydroxylation is 1. The zero-order valence-electron chi connectivity index (χ0n) is 12.5. The molecule has 3 nitrogen and oxygen atoms in total. The number of carbonyl (C=O) groups is 1. The Kier molecular flexibility index (Phi) is 3.23. The van der Waals surface area contributed by atoms with E-state index in [0.29, 0.717) is 17.6 Å². The summed E-state index contributed by atoms with van der Waals surface area (Å²) in [7, 11) is 1.87. The minimum absolute atomic E-state index is 0.0488. The number of aromatic hydroxyl groups is 1. The van der Waals surface area contributed by atoms with Gasteiger partial charge in [0.2, 0.25) is 5.91 Å². The molecule has 108 valence electrons.